The largest absolute Gasteiger partial charge is 0.486 e. The van der Waals surface area contributed by atoms with Gasteiger partial charge >= 0.3 is 5.69 Å². The van der Waals surface area contributed by atoms with Crippen LogP contribution in [0.5, 0.6) is 5.75 Å². The molecule has 1 aromatic carbocycles. The molecule has 0 saturated heterocycles. The highest BCUT2D eigenvalue weighted by Crippen LogP contribution is 2.34. The third-order valence-electron chi connectivity index (χ3n) is 1.92. The Hall–Kier alpha value is -1.55. The average molecular weight is 242 g/mol. The van der Waals surface area contributed by atoms with Crippen LogP contribution in [0.2, 0.25) is 5.02 Å². The van der Waals surface area contributed by atoms with Crippen LogP contribution >= 0.6 is 11.6 Å². The number of nitro groups is 1. The van der Waals surface area contributed by atoms with Gasteiger partial charge in [0.2, 0.25) is 0 Å². The van der Waals surface area contributed by atoms with Crippen LogP contribution in [0.3, 0.4) is 0 Å². The highest BCUT2D eigenvalue weighted by Gasteiger charge is 2.19. The van der Waals surface area contributed by atoms with Crippen molar-refractivity contribution < 1.29 is 9.66 Å². The molecular weight excluding hydrogens is 230 g/mol. The second-order valence-electron chi connectivity index (χ2n) is 3.40. The fourth-order valence-corrected chi connectivity index (χ4v) is 1.36. The van der Waals surface area contributed by atoms with Gasteiger partial charge in [0, 0.05) is 6.42 Å². The van der Waals surface area contributed by atoms with E-state index in [1.807, 2.05) is 6.92 Å². The molecule has 16 heavy (non-hydrogen) atoms. The van der Waals surface area contributed by atoms with E-state index in [0.717, 1.165) is 5.57 Å². The maximum atomic E-state index is 10.8. The van der Waals surface area contributed by atoms with E-state index in [1.54, 1.807) is 6.07 Å². The molecule has 5 heteroatoms. The summed E-state index contributed by atoms with van der Waals surface area (Å²) in [6.07, 6.45) is 0.656. The molecular formula is C11H12ClNO3. The molecule has 1 aromatic rings. The van der Waals surface area contributed by atoms with Crippen LogP contribution in [0.15, 0.2) is 30.4 Å². The molecule has 0 aromatic heterocycles. The Balaban J connectivity index is 2.83. The van der Waals surface area contributed by atoms with Crippen molar-refractivity contribution in [3.8, 4) is 5.75 Å². The first kappa shape index (κ1) is 12.5. The van der Waals surface area contributed by atoms with Gasteiger partial charge in [-0.2, -0.15) is 0 Å². The van der Waals surface area contributed by atoms with Crippen molar-refractivity contribution >= 4 is 17.3 Å². The summed E-state index contributed by atoms with van der Waals surface area (Å²) in [6.45, 7) is 5.95. The number of benzene rings is 1. The van der Waals surface area contributed by atoms with Gasteiger partial charge in [0.15, 0.2) is 5.75 Å². The summed E-state index contributed by atoms with van der Waals surface area (Å²) < 4.78 is 5.30. The predicted octanol–water partition coefficient (Wildman–Crippen LogP) is 3.59. The number of halogens is 1. The van der Waals surface area contributed by atoms with Crippen LogP contribution in [-0.2, 0) is 0 Å². The Labute approximate surface area is 98.6 Å². The first-order chi connectivity index (χ1) is 7.52. The van der Waals surface area contributed by atoms with E-state index in [2.05, 4.69) is 6.58 Å². The quantitative estimate of drug-likeness (QED) is 0.450. The third kappa shape index (κ3) is 3.24. The van der Waals surface area contributed by atoms with E-state index in [4.69, 9.17) is 16.3 Å². The van der Waals surface area contributed by atoms with E-state index in [-0.39, 0.29) is 16.5 Å². The number of hydrogen-bond donors (Lipinski definition) is 0. The van der Waals surface area contributed by atoms with Crippen molar-refractivity contribution in [2.45, 2.75) is 13.3 Å². The highest BCUT2D eigenvalue weighted by molar-refractivity contribution is 6.32. The maximum absolute atomic E-state index is 10.8. The van der Waals surface area contributed by atoms with E-state index in [9.17, 15) is 10.1 Å². The molecule has 0 spiro atoms. The number of ether oxygens (including phenoxy) is 1. The Morgan fingerprint density at radius 3 is 2.88 bits per heavy atom. The van der Waals surface area contributed by atoms with Crippen molar-refractivity contribution in [1.82, 2.24) is 0 Å². The fourth-order valence-electron chi connectivity index (χ4n) is 1.12. The molecule has 0 N–H and O–H groups in total. The second-order valence-corrected chi connectivity index (χ2v) is 3.81. The molecule has 0 fully saturated rings. The van der Waals surface area contributed by atoms with Gasteiger partial charge in [0.1, 0.15) is 5.02 Å². The lowest BCUT2D eigenvalue weighted by atomic mass is 10.2. The Kier molecular flexibility index (Phi) is 4.31. The molecule has 0 aliphatic carbocycles. The first-order valence-electron chi connectivity index (χ1n) is 4.72. The van der Waals surface area contributed by atoms with E-state index < -0.39 is 4.92 Å². The smallest absolute Gasteiger partial charge is 0.329 e. The number of hydrogen-bond acceptors (Lipinski definition) is 3. The average Bonchev–Trinajstić information content (AvgIpc) is 2.16. The predicted molar refractivity (Wildman–Crippen MR) is 63.0 cm³/mol. The topological polar surface area (TPSA) is 52.4 Å². The molecule has 0 unspecified atom stereocenters. The lowest BCUT2D eigenvalue weighted by molar-refractivity contribution is -0.385. The summed E-state index contributed by atoms with van der Waals surface area (Å²) in [5.41, 5.74) is 0.774. The molecule has 0 heterocycles. The zero-order valence-electron chi connectivity index (χ0n) is 8.90. The zero-order valence-corrected chi connectivity index (χ0v) is 9.66. The number of rotatable bonds is 5. The molecule has 0 aliphatic rings. The molecule has 0 atom stereocenters. The van der Waals surface area contributed by atoms with Gasteiger partial charge in [-0.25, -0.2) is 0 Å². The molecule has 0 aliphatic heterocycles. The van der Waals surface area contributed by atoms with Crippen LogP contribution in [0, 0.1) is 10.1 Å². The summed E-state index contributed by atoms with van der Waals surface area (Å²) >= 11 is 5.73. The zero-order chi connectivity index (χ0) is 12.1. The van der Waals surface area contributed by atoms with Crippen LogP contribution in [-0.4, -0.2) is 11.5 Å². The van der Waals surface area contributed by atoms with Crippen LogP contribution in [0.25, 0.3) is 0 Å². The fraction of sp³-hybridized carbons (Fsp3) is 0.273. The van der Waals surface area contributed by atoms with E-state index >= 15 is 0 Å². The first-order valence-corrected chi connectivity index (χ1v) is 5.10. The van der Waals surface area contributed by atoms with Gasteiger partial charge in [-0.3, -0.25) is 10.1 Å². The summed E-state index contributed by atoms with van der Waals surface area (Å²) in [4.78, 5) is 10.2. The number of nitrogens with zero attached hydrogens (tertiary/aromatic N) is 1. The van der Waals surface area contributed by atoms with Gasteiger partial charge in [-0.15, -0.1) is 6.58 Å². The van der Waals surface area contributed by atoms with Gasteiger partial charge in [-0.05, 0) is 19.1 Å². The standard InChI is InChI=1S/C11H12ClNO3/c1-8(2)6-7-16-10-5-3-4-9(12)11(10)13(14)15/h3-5H,1,6-7H2,2H3. The SMILES string of the molecule is C=C(C)CCOc1cccc(Cl)c1[N+](=O)[O-]. The summed E-state index contributed by atoms with van der Waals surface area (Å²) in [6, 6.07) is 4.61. The summed E-state index contributed by atoms with van der Waals surface area (Å²) in [5.74, 6) is 0.193. The van der Waals surface area contributed by atoms with E-state index in [1.165, 1.54) is 12.1 Å². The molecule has 4 nitrogen and oxygen atoms in total. The minimum atomic E-state index is -0.543. The van der Waals surface area contributed by atoms with Gasteiger partial charge < -0.3 is 4.74 Å². The maximum Gasteiger partial charge on any atom is 0.329 e. The highest BCUT2D eigenvalue weighted by atomic mass is 35.5. The molecule has 86 valence electrons. The number of para-hydroxylation sites is 1. The van der Waals surface area contributed by atoms with Crippen molar-refractivity contribution in [3.63, 3.8) is 0 Å². The summed E-state index contributed by atoms with van der Waals surface area (Å²) in [7, 11) is 0. The third-order valence-corrected chi connectivity index (χ3v) is 2.22. The van der Waals surface area contributed by atoms with Crippen LogP contribution in [0.4, 0.5) is 5.69 Å². The Morgan fingerprint density at radius 2 is 2.31 bits per heavy atom. The van der Waals surface area contributed by atoms with E-state index in [0.29, 0.717) is 13.0 Å². The number of nitro benzene ring substituents is 1. The monoisotopic (exact) mass is 241 g/mol. The minimum absolute atomic E-state index is 0.0813. The van der Waals surface area contributed by atoms with Crippen LogP contribution in [0.1, 0.15) is 13.3 Å². The summed E-state index contributed by atoms with van der Waals surface area (Å²) in [5, 5.41) is 10.8. The van der Waals surface area contributed by atoms with Crippen LogP contribution < -0.4 is 4.74 Å². The molecule has 0 radical (unpaired) electrons. The normalized spacial score (nSPS) is 9.88. The minimum Gasteiger partial charge on any atom is -0.486 e. The molecule has 0 bridgehead atoms. The lowest BCUT2D eigenvalue weighted by Crippen LogP contribution is -2.01. The molecule has 0 saturated carbocycles. The Bertz CT molecular complexity index is 418. The molecule has 0 amide bonds. The van der Waals surface area contributed by atoms with Gasteiger partial charge in [-0.1, -0.05) is 23.2 Å². The molecule has 1 rings (SSSR count). The Morgan fingerprint density at radius 1 is 1.62 bits per heavy atom. The van der Waals surface area contributed by atoms with Crippen molar-refractivity contribution in [3.05, 3.63) is 45.5 Å². The van der Waals surface area contributed by atoms with Gasteiger partial charge in [0.05, 0.1) is 11.5 Å². The van der Waals surface area contributed by atoms with Crippen molar-refractivity contribution in [2.75, 3.05) is 6.61 Å². The second kappa shape index (κ2) is 5.51. The lowest BCUT2D eigenvalue weighted by Gasteiger charge is -2.07. The van der Waals surface area contributed by atoms with Gasteiger partial charge in [0.25, 0.3) is 0 Å². The van der Waals surface area contributed by atoms with Crippen molar-refractivity contribution in [1.29, 1.82) is 0 Å². The van der Waals surface area contributed by atoms with Crippen molar-refractivity contribution in [2.24, 2.45) is 0 Å².